The predicted octanol–water partition coefficient (Wildman–Crippen LogP) is 3.15. The maximum absolute atomic E-state index is 10.7. The van der Waals surface area contributed by atoms with Crippen molar-refractivity contribution in [3.8, 4) is 0 Å². The van der Waals surface area contributed by atoms with Crippen LogP contribution in [-0.4, -0.2) is 17.6 Å². The third-order valence-corrected chi connectivity index (χ3v) is 2.95. The second kappa shape index (κ2) is 6.18. The largest absolute Gasteiger partial charge is 0.478 e. The van der Waals surface area contributed by atoms with E-state index in [0.717, 1.165) is 14.5 Å². The fourth-order valence-electron chi connectivity index (χ4n) is 1.16. The zero-order valence-electron chi connectivity index (χ0n) is 8.46. The van der Waals surface area contributed by atoms with E-state index in [0.29, 0.717) is 13.1 Å². The minimum atomic E-state index is -0.922. The molecule has 0 aliphatic heterocycles. The van der Waals surface area contributed by atoms with Crippen molar-refractivity contribution in [3.63, 3.8) is 0 Å². The predicted molar refractivity (Wildman–Crippen MR) is 70.9 cm³/mol. The summed E-state index contributed by atoms with van der Waals surface area (Å²) < 4.78 is 1.67. The Morgan fingerprint density at radius 3 is 2.69 bits per heavy atom. The summed E-state index contributed by atoms with van der Waals surface area (Å²) in [5.74, 6) is -0.922. The van der Waals surface area contributed by atoms with Crippen LogP contribution >= 0.6 is 31.9 Å². The molecule has 0 saturated heterocycles. The number of nitrogens with one attached hydrogen (secondary N) is 1. The van der Waals surface area contributed by atoms with Crippen molar-refractivity contribution in [3.05, 3.63) is 44.9 Å². The third-order valence-electron chi connectivity index (χ3n) is 1.93. The Hall–Kier alpha value is -0.650. The molecule has 86 valence electrons. The molecule has 3 nitrogen and oxygen atoms in total. The van der Waals surface area contributed by atoms with Gasteiger partial charge in [-0.1, -0.05) is 44.5 Å². The van der Waals surface area contributed by atoms with Crippen molar-refractivity contribution < 1.29 is 9.90 Å². The maximum Gasteiger partial charge on any atom is 0.335 e. The number of hydrogen-bond acceptors (Lipinski definition) is 2. The number of hydrogen-bond donors (Lipinski definition) is 2. The summed E-state index contributed by atoms with van der Waals surface area (Å²) in [7, 11) is 0. The first-order valence-electron chi connectivity index (χ1n) is 4.56. The van der Waals surface area contributed by atoms with Gasteiger partial charge in [0.15, 0.2) is 0 Å². The molecule has 0 atom stereocenters. The van der Waals surface area contributed by atoms with Crippen LogP contribution in [0.1, 0.15) is 15.9 Å². The van der Waals surface area contributed by atoms with Crippen molar-refractivity contribution >= 4 is 37.8 Å². The molecule has 16 heavy (non-hydrogen) atoms. The van der Waals surface area contributed by atoms with E-state index in [1.807, 2.05) is 0 Å². The zero-order valence-corrected chi connectivity index (χ0v) is 11.6. The quantitative estimate of drug-likeness (QED) is 0.859. The Balaban J connectivity index is 2.68. The van der Waals surface area contributed by atoms with Gasteiger partial charge in [0, 0.05) is 22.0 Å². The molecule has 0 radical (unpaired) electrons. The normalized spacial score (nSPS) is 10.1. The van der Waals surface area contributed by atoms with E-state index >= 15 is 0 Å². The third kappa shape index (κ3) is 4.08. The van der Waals surface area contributed by atoms with Crippen molar-refractivity contribution in [2.75, 3.05) is 6.54 Å². The Morgan fingerprint density at radius 2 is 2.19 bits per heavy atom. The monoisotopic (exact) mass is 347 g/mol. The Labute approximate surface area is 111 Å². The van der Waals surface area contributed by atoms with E-state index < -0.39 is 5.97 Å². The number of halogens is 2. The number of carboxylic acids is 1. The topological polar surface area (TPSA) is 49.3 Å². The van der Waals surface area contributed by atoms with Crippen LogP contribution in [0.2, 0.25) is 0 Å². The average Bonchev–Trinajstić information content (AvgIpc) is 2.19. The molecule has 0 spiro atoms. The minimum absolute atomic E-state index is 0.278. The molecule has 0 aliphatic rings. The van der Waals surface area contributed by atoms with Gasteiger partial charge in [-0.3, -0.25) is 0 Å². The summed E-state index contributed by atoms with van der Waals surface area (Å²) in [6, 6.07) is 4.98. The van der Waals surface area contributed by atoms with E-state index in [4.69, 9.17) is 5.11 Å². The summed E-state index contributed by atoms with van der Waals surface area (Å²) in [4.78, 5) is 10.7. The highest BCUT2D eigenvalue weighted by Crippen LogP contribution is 2.18. The summed E-state index contributed by atoms with van der Waals surface area (Å²) in [6.45, 7) is 5.04. The lowest BCUT2D eigenvalue weighted by Crippen LogP contribution is -2.14. The van der Waals surface area contributed by atoms with Gasteiger partial charge in [0.25, 0.3) is 0 Å². The van der Waals surface area contributed by atoms with Gasteiger partial charge >= 0.3 is 5.97 Å². The molecule has 0 bridgehead atoms. The molecule has 0 saturated carbocycles. The van der Waals surface area contributed by atoms with Crippen molar-refractivity contribution in [1.82, 2.24) is 5.32 Å². The minimum Gasteiger partial charge on any atom is -0.478 e. The molecule has 0 amide bonds. The molecule has 0 aliphatic carbocycles. The van der Waals surface area contributed by atoms with E-state index in [-0.39, 0.29) is 5.56 Å². The Bertz CT molecular complexity index is 418. The lowest BCUT2D eigenvalue weighted by atomic mass is 10.1. The van der Waals surface area contributed by atoms with Crippen LogP contribution in [0.25, 0.3) is 0 Å². The molecule has 1 aromatic rings. The molecule has 2 N–H and O–H groups in total. The van der Waals surface area contributed by atoms with Crippen molar-refractivity contribution in [2.45, 2.75) is 6.54 Å². The van der Waals surface area contributed by atoms with Crippen molar-refractivity contribution in [2.24, 2.45) is 0 Å². The molecular formula is C11H11Br2NO2. The average molecular weight is 349 g/mol. The van der Waals surface area contributed by atoms with Gasteiger partial charge in [0.2, 0.25) is 0 Å². The molecule has 5 heteroatoms. The molecular weight excluding hydrogens is 338 g/mol. The van der Waals surface area contributed by atoms with E-state index in [1.54, 1.807) is 18.2 Å². The van der Waals surface area contributed by atoms with E-state index in [1.165, 1.54) is 0 Å². The second-order valence-electron chi connectivity index (χ2n) is 3.23. The standard InChI is InChI=1S/C11H11Br2NO2/c1-7(12)5-14-6-9-3-2-8(11(15)16)4-10(9)13/h2-4,14H,1,5-6H2,(H,15,16). The Kier molecular flexibility index (Phi) is 5.18. The number of benzene rings is 1. The molecule has 1 aromatic carbocycles. The van der Waals surface area contributed by atoms with Gasteiger partial charge < -0.3 is 10.4 Å². The molecule has 0 heterocycles. The highest BCUT2D eigenvalue weighted by Gasteiger charge is 2.06. The number of aromatic carboxylic acids is 1. The van der Waals surface area contributed by atoms with Gasteiger partial charge in [-0.05, 0) is 17.7 Å². The fraction of sp³-hybridized carbons (Fsp3) is 0.182. The van der Waals surface area contributed by atoms with Crippen LogP contribution < -0.4 is 5.32 Å². The molecule has 1 rings (SSSR count). The first-order valence-corrected chi connectivity index (χ1v) is 6.15. The van der Waals surface area contributed by atoms with Gasteiger partial charge in [0.1, 0.15) is 0 Å². The van der Waals surface area contributed by atoms with Gasteiger partial charge in [-0.25, -0.2) is 4.79 Å². The summed E-state index contributed by atoms with van der Waals surface area (Å²) in [5, 5.41) is 12.0. The van der Waals surface area contributed by atoms with Gasteiger partial charge in [0.05, 0.1) is 5.56 Å². The molecule has 0 unspecified atom stereocenters. The molecule has 0 aromatic heterocycles. The van der Waals surface area contributed by atoms with Gasteiger partial charge in [-0.15, -0.1) is 0 Å². The lowest BCUT2D eigenvalue weighted by Gasteiger charge is -2.07. The molecule has 0 fully saturated rings. The van der Waals surface area contributed by atoms with Crippen LogP contribution in [0.15, 0.2) is 33.7 Å². The fourth-order valence-corrected chi connectivity index (χ4v) is 1.87. The lowest BCUT2D eigenvalue weighted by molar-refractivity contribution is 0.0697. The smallest absolute Gasteiger partial charge is 0.335 e. The summed E-state index contributed by atoms with van der Waals surface area (Å²) >= 11 is 6.60. The first-order chi connectivity index (χ1) is 7.50. The number of carbonyl (C=O) groups is 1. The highest BCUT2D eigenvalue weighted by molar-refractivity contribution is 9.11. The zero-order chi connectivity index (χ0) is 12.1. The van der Waals surface area contributed by atoms with Crippen molar-refractivity contribution in [1.29, 1.82) is 0 Å². The first kappa shape index (κ1) is 13.4. The van der Waals surface area contributed by atoms with Crippen LogP contribution in [0, 0.1) is 0 Å². The Morgan fingerprint density at radius 1 is 1.50 bits per heavy atom. The van der Waals surface area contributed by atoms with Gasteiger partial charge in [-0.2, -0.15) is 0 Å². The van der Waals surface area contributed by atoms with Crippen LogP contribution in [-0.2, 0) is 6.54 Å². The second-order valence-corrected chi connectivity index (χ2v) is 5.21. The van der Waals surface area contributed by atoms with Crippen LogP contribution in [0.5, 0.6) is 0 Å². The summed E-state index contributed by atoms with van der Waals surface area (Å²) in [6.07, 6.45) is 0. The number of rotatable bonds is 5. The SMILES string of the molecule is C=C(Br)CNCc1ccc(C(=O)O)cc1Br. The summed E-state index contributed by atoms with van der Waals surface area (Å²) in [5.41, 5.74) is 1.29. The maximum atomic E-state index is 10.7. The number of carboxylic acid groups (broad SMARTS) is 1. The van der Waals surface area contributed by atoms with Crippen LogP contribution in [0.3, 0.4) is 0 Å². The van der Waals surface area contributed by atoms with E-state index in [2.05, 4.69) is 43.8 Å². The van der Waals surface area contributed by atoms with Crippen LogP contribution in [0.4, 0.5) is 0 Å². The highest BCUT2D eigenvalue weighted by atomic mass is 79.9. The van der Waals surface area contributed by atoms with E-state index in [9.17, 15) is 4.79 Å².